The number of alkyl halides is 3. The van der Waals surface area contributed by atoms with Crippen molar-refractivity contribution in [3.05, 3.63) is 67.9 Å². The zero-order chi connectivity index (χ0) is 18.4. The molecule has 0 radical (unpaired) electrons. The summed E-state index contributed by atoms with van der Waals surface area (Å²) in [4.78, 5) is 25.0. The minimum atomic E-state index is -4.66. The molecule has 3 nitrogen and oxygen atoms in total. The van der Waals surface area contributed by atoms with Gasteiger partial charge in [-0.25, -0.2) is 0 Å². The Morgan fingerprint density at radius 1 is 1.28 bits per heavy atom. The molecule has 0 N–H and O–H groups in total. The van der Waals surface area contributed by atoms with Crippen molar-refractivity contribution >= 4 is 38.8 Å². The number of nitrogens with zero attached hydrogens (tertiary/aromatic N) is 1. The lowest BCUT2D eigenvalue weighted by Gasteiger charge is -2.11. The van der Waals surface area contributed by atoms with E-state index < -0.39 is 34.6 Å². The van der Waals surface area contributed by atoms with Gasteiger partial charge in [-0.05, 0) is 30.0 Å². The summed E-state index contributed by atoms with van der Waals surface area (Å²) >= 11 is 6.86. The molecule has 0 bridgehead atoms. The summed E-state index contributed by atoms with van der Waals surface area (Å²) < 4.78 is 40.3. The largest absolute Gasteiger partial charge is 0.417 e. The van der Waals surface area contributed by atoms with Gasteiger partial charge in [-0.3, -0.25) is 9.59 Å². The van der Waals surface area contributed by atoms with Gasteiger partial charge in [0.15, 0.2) is 5.78 Å². The fraction of sp³-hybridized carbons (Fsp3) is 0.176. The van der Waals surface area contributed by atoms with Crippen LogP contribution in [0.3, 0.4) is 0 Å². The van der Waals surface area contributed by atoms with Gasteiger partial charge in [0, 0.05) is 10.9 Å². The summed E-state index contributed by atoms with van der Waals surface area (Å²) in [5.41, 5.74) is -1.16. The topological polar surface area (TPSA) is 39.1 Å². The number of hydrogen-bond donors (Lipinski definition) is 0. The second-order valence-corrected chi connectivity index (χ2v) is 6.94. The fourth-order valence-electron chi connectivity index (χ4n) is 2.54. The standard InChI is InChI=1S/C17H11ClF3NO2S/c1-9-11-4-2-3-5-14(11)25-15(9)13(23)8-22-7-10(17(19,20)21)6-12(18)16(22)24/h2-7H,8H2,1H3. The molecule has 0 saturated heterocycles. The molecule has 0 spiro atoms. The maximum atomic E-state index is 12.9. The lowest BCUT2D eigenvalue weighted by Crippen LogP contribution is -2.26. The Morgan fingerprint density at radius 2 is 1.96 bits per heavy atom. The molecule has 3 rings (SSSR count). The van der Waals surface area contributed by atoms with Crippen LogP contribution in [0.25, 0.3) is 10.1 Å². The number of benzene rings is 1. The van der Waals surface area contributed by atoms with Gasteiger partial charge >= 0.3 is 6.18 Å². The first-order valence-electron chi connectivity index (χ1n) is 7.17. The summed E-state index contributed by atoms with van der Waals surface area (Å²) in [6.45, 7) is 1.27. The lowest BCUT2D eigenvalue weighted by atomic mass is 10.1. The van der Waals surface area contributed by atoms with E-state index in [1.54, 1.807) is 6.92 Å². The quantitative estimate of drug-likeness (QED) is 0.600. The van der Waals surface area contributed by atoms with Gasteiger partial charge in [0.1, 0.15) is 5.02 Å². The lowest BCUT2D eigenvalue weighted by molar-refractivity contribution is -0.138. The number of rotatable bonds is 3. The number of carbonyl (C=O) groups excluding carboxylic acids is 1. The molecule has 0 aliphatic heterocycles. The van der Waals surface area contributed by atoms with Crippen LogP contribution < -0.4 is 5.56 Å². The number of aromatic nitrogens is 1. The number of fused-ring (bicyclic) bond motifs is 1. The van der Waals surface area contributed by atoms with Crippen LogP contribution in [0.5, 0.6) is 0 Å². The number of aryl methyl sites for hydroxylation is 1. The fourth-order valence-corrected chi connectivity index (χ4v) is 3.90. The molecule has 0 saturated carbocycles. The highest BCUT2D eigenvalue weighted by molar-refractivity contribution is 7.21. The molecule has 2 heterocycles. The number of hydrogen-bond acceptors (Lipinski definition) is 3. The Balaban J connectivity index is 2.02. The average molecular weight is 386 g/mol. The van der Waals surface area contributed by atoms with E-state index >= 15 is 0 Å². The van der Waals surface area contributed by atoms with Crippen molar-refractivity contribution in [1.82, 2.24) is 4.57 Å². The minimum absolute atomic E-state index is 0.418. The van der Waals surface area contributed by atoms with Crippen LogP contribution in [-0.4, -0.2) is 10.4 Å². The van der Waals surface area contributed by atoms with E-state index in [1.165, 1.54) is 11.3 Å². The number of Topliss-reactive ketones (excluding diaryl/α,β-unsaturated/α-hetero) is 1. The van der Waals surface area contributed by atoms with E-state index in [0.29, 0.717) is 21.7 Å². The summed E-state index contributed by atoms with van der Waals surface area (Å²) in [6.07, 6.45) is -4.04. The highest BCUT2D eigenvalue weighted by Crippen LogP contribution is 2.32. The molecule has 1 aromatic carbocycles. The van der Waals surface area contributed by atoms with Crippen molar-refractivity contribution in [1.29, 1.82) is 0 Å². The number of pyridine rings is 1. The third-order valence-corrected chi connectivity index (χ3v) is 5.37. The van der Waals surface area contributed by atoms with Gasteiger partial charge < -0.3 is 4.57 Å². The molecule has 0 aliphatic carbocycles. The zero-order valence-corrected chi connectivity index (χ0v) is 14.4. The molecule has 0 fully saturated rings. The molecular weight excluding hydrogens is 375 g/mol. The van der Waals surface area contributed by atoms with Crippen LogP contribution in [0.4, 0.5) is 13.2 Å². The molecular formula is C17H11ClF3NO2S. The van der Waals surface area contributed by atoms with Crippen LogP contribution in [0.1, 0.15) is 20.8 Å². The Kier molecular flexibility index (Phi) is 4.47. The Labute approximate surface area is 149 Å². The van der Waals surface area contributed by atoms with Crippen LogP contribution >= 0.6 is 22.9 Å². The summed E-state index contributed by atoms with van der Waals surface area (Å²) in [7, 11) is 0. The molecule has 0 unspecified atom stereocenters. The number of carbonyl (C=O) groups is 1. The van der Waals surface area contributed by atoms with Crippen molar-refractivity contribution in [3.63, 3.8) is 0 Å². The molecule has 0 amide bonds. The predicted octanol–water partition coefficient (Wildman–Crippen LogP) is 4.93. The van der Waals surface area contributed by atoms with E-state index in [2.05, 4.69) is 0 Å². The molecule has 2 aromatic heterocycles. The van der Waals surface area contributed by atoms with E-state index in [0.717, 1.165) is 15.6 Å². The van der Waals surface area contributed by atoms with Gasteiger partial charge in [0.05, 0.1) is 17.0 Å². The van der Waals surface area contributed by atoms with E-state index in [4.69, 9.17) is 11.6 Å². The van der Waals surface area contributed by atoms with Crippen molar-refractivity contribution in [2.24, 2.45) is 0 Å². The zero-order valence-electron chi connectivity index (χ0n) is 12.9. The van der Waals surface area contributed by atoms with Gasteiger partial charge in [0.25, 0.3) is 5.56 Å². The third kappa shape index (κ3) is 3.34. The molecule has 0 aliphatic rings. The van der Waals surface area contributed by atoms with Crippen molar-refractivity contribution in [3.8, 4) is 0 Å². The van der Waals surface area contributed by atoms with E-state index in [9.17, 15) is 22.8 Å². The SMILES string of the molecule is Cc1c(C(=O)Cn2cc(C(F)(F)F)cc(Cl)c2=O)sc2ccccc12. The monoisotopic (exact) mass is 385 g/mol. The van der Waals surface area contributed by atoms with E-state index in [-0.39, 0.29) is 0 Å². The number of halogens is 4. The first-order valence-corrected chi connectivity index (χ1v) is 8.36. The molecule has 8 heteroatoms. The van der Waals surface area contributed by atoms with Crippen molar-refractivity contribution in [2.75, 3.05) is 0 Å². The average Bonchev–Trinajstić information content (AvgIpc) is 2.88. The second-order valence-electron chi connectivity index (χ2n) is 5.48. The van der Waals surface area contributed by atoms with Crippen molar-refractivity contribution < 1.29 is 18.0 Å². The summed E-state index contributed by atoms with van der Waals surface area (Å²) in [6, 6.07) is 7.97. The van der Waals surface area contributed by atoms with E-state index in [1.807, 2.05) is 24.3 Å². The molecule has 0 atom stereocenters. The first-order chi connectivity index (χ1) is 11.7. The van der Waals surface area contributed by atoms with Gasteiger partial charge in [-0.2, -0.15) is 13.2 Å². The molecule has 3 aromatic rings. The highest BCUT2D eigenvalue weighted by Gasteiger charge is 2.32. The maximum absolute atomic E-state index is 12.9. The Morgan fingerprint density at radius 3 is 2.60 bits per heavy atom. The third-order valence-electron chi connectivity index (χ3n) is 3.78. The molecule has 25 heavy (non-hydrogen) atoms. The van der Waals surface area contributed by atoms with Gasteiger partial charge in [-0.15, -0.1) is 11.3 Å². The van der Waals surface area contributed by atoms with Gasteiger partial charge in [-0.1, -0.05) is 29.8 Å². The first kappa shape index (κ1) is 17.7. The molecule has 130 valence electrons. The Bertz CT molecular complexity index is 1040. The van der Waals surface area contributed by atoms with Gasteiger partial charge in [0.2, 0.25) is 0 Å². The van der Waals surface area contributed by atoms with Crippen LogP contribution in [0.2, 0.25) is 5.02 Å². The maximum Gasteiger partial charge on any atom is 0.417 e. The summed E-state index contributed by atoms with van der Waals surface area (Å²) in [5.74, 6) is -0.434. The Hall–Kier alpha value is -2.12. The minimum Gasteiger partial charge on any atom is -0.306 e. The predicted molar refractivity (Wildman–Crippen MR) is 91.6 cm³/mol. The highest BCUT2D eigenvalue weighted by atomic mass is 35.5. The smallest absolute Gasteiger partial charge is 0.306 e. The van der Waals surface area contributed by atoms with Crippen LogP contribution in [0.15, 0.2) is 41.3 Å². The second kappa shape index (κ2) is 6.31. The number of thiophene rings is 1. The normalized spacial score (nSPS) is 11.9. The van der Waals surface area contributed by atoms with Crippen molar-refractivity contribution in [2.45, 2.75) is 19.6 Å². The van der Waals surface area contributed by atoms with Crippen LogP contribution in [0, 0.1) is 6.92 Å². The number of ketones is 1. The van der Waals surface area contributed by atoms with Crippen LogP contribution in [-0.2, 0) is 12.7 Å². The summed E-state index contributed by atoms with van der Waals surface area (Å²) in [5, 5.41) is 0.334.